The third-order valence-corrected chi connectivity index (χ3v) is 4.42. The molecule has 1 amide bonds. The van der Waals surface area contributed by atoms with E-state index in [2.05, 4.69) is 19.9 Å². The van der Waals surface area contributed by atoms with Crippen LogP contribution < -0.4 is 0 Å². The normalized spacial score (nSPS) is 17.0. The number of carbonyl (C=O) groups is 1. The average Bonchev–Trinajstić information content (AvgIpc) is 3.33. The number of aryl methyl sites for hydroxylation is 1. The summed E-state index contributed by atoms with van der Waals surface area (Å²) in [4.78, 5) is 31.8. The maximum absolute atomic E-state index is 12.9. The Bertz CT molecular complexity index is 875. The first-order chi connectivity index (χ1) is 12.2. The number of pyridine rings is 1. The number of rotatable bonds is 3. The standard InChI is InChI=1S/C18H18N6O/c1-13-20-7-6-15(22-13)16-3-2-9-24(16)18(25)14-4-5-17(21-11-14)23-10-8-19-12-23/h4-8,10-12,16H,2-3,9H2,1H3. The highest BCUT2D eigenvalue weighted by molar-refractivity contribution is 5.94. The Morgan fingerprint density at radius 3 is 2.84 bits per heavy atom. The van der Waals surface area contributed by atoms with Crippen molar-refractivity contribution in [2.75, 3.05) is 6.54 Å². The molecule has 0 radical (unpaired) electrons. The third kappa shape index (κ3) is 3.00. The van der Waals surface area contributed by atoms with Gasteiger partial charge in [-0.15, -0.1) is 0 Å². The van der Waals surface area contributed by atoms with E-state index < -0.39 is 0 Å². The molecule has 1 aliphatic rings. The second kappa shape index (κ2) is 6.43. The second-order valence-corrected chi connectivity index (χ2v) is 6.06. The molecule has 4 rings (SSSR count). The van der Waals surface area contributed by atoms with Crippen molar-refractivity contribution < 1.29 is 4.79 Å². The van der Waals surface area contributed by atoms with Crippen LogP contribution >= 0.6 is 0 Å². The minimum Gasteiger partial charge on any atom is -0.330 e. The highest BCUT2D eigenvalue weighted by Gasteiger charge is 2.31. The lowest BCUT2D eigenvalue weighted by Gasteiger charge is -2.24. The smallest absolute Gasteiger partial charge is 0.255 e. The number of amides is 1. The Labute approximate surface area is 145 Å². The summed E-state index contributed by atoms with van der Waals surface area (Å²) in [7, 11) is 0. The number of aromatic nitrogens is 5. The van der Waals surface area contributed by atoms with Crippen LogP contribution in [0.4, 0.5) is 0 Å². The molecule has 1 aliphatic heterocycles. The van der Waals surface area contributed by atoms with Gasteiger partial charge in [-0.25, -0.2) is 19.9 Å². The van der Waals surface area contributed by atoms with Gasteiger partial charge in [0.25, 0.3) is 5.91 Å². The third-order valence-electron chi connectivity index (χ3n) is 4.42. The van der Waals surface area contributed by atoms with Crippen molar-refractivity contribution in [3.05, 3.63) is 66.4 Å². The van der Waals surface area contributed by atoms with Gasteiger partial charge in [0.05, 0.1) is 17.3 Å². The fourth-order valence-electron chi connectivity index (χ4n) is 3.20. The topological polar surface area (TPSA) is 76.8 Å². The van der Waals surface area contributed by atoms with Crippen LogP contribution in [-0.4, -0.2) is 41.9 Å². The number of hydrogen-bond donors (Lipinski definition) is 0. The molecule has 3 aromatic heterocycles. The molecular weight excluding hydrogens is 316 g/mol. The summed E-state index contributed by atoms with van der Waals surface area (Å²) < 4.78 is 1.80. The molecule has 126 valence electrons. The summed E-state index contributed by atoms with van der Waals surface area (Å²) in [5, 5.41) is 0. The highest BCUT2D eigenvalue weighted by atomic mass is 16.2. The molecule has 0 spiro atoms. The molecule has 0 N–H and O–H groups in total. The molecule has 0 saturated carbocycles. The number of nitrogens with zero attached hydrogens (tertiary/aromatic N) is 6. The summed E-state index contributed by atoms with van der Waals surface area (Å²) in [5.41, 5.74) is 1.49. The van der Waals surface area contributed by atoms with E-state index in [1.54, 1.807) is 29.5 Å². The van der Waals surface area contributed by atoms with E-state index in [1.807, 2.05) is 36.2 Å². The van der Waals surface area contributed by atoms with Gasteiger partial charge in [0.1, 0.15) is 18.0 Å². The van der Waals surface area contributed by atoms with Crippen LogP contribution in [0.2, 0.25) is 0 Å². The summed E-state index contributed by atoms with van der Waals surface area (Å²) in [6, 6.07) is 5.53. The van der Waals surface area contributed by atoms with Crippen LogP contribution in [-0.2, 0) is 0 Å². The van der Waals surface area contributed by atoms with Gasteiger partial charge in [-0.1, -0.05) is 0 Å². The van der Waals surface area contributed by atoms with Crippen molar-refractivity contribution in [2.45, 2.75) is 25.8 Å². The lowest BCUT2D eigenvalue weighted by atomic mass is 10.1. The molecule has 1 saturated heterocycles. The molecule has 0 aromatic carbocycles. The lowest BCUT2D eigenvalue weighted by molar-refractivity contribution is 0.0732. The monoisotopic (exact) mass is 334 g/mol. The van der Waals surface area contributed by atoms with Crippen LogP contribution in [0.5, 0.6) is 0 Å². The Morgan fingerprint density at radius 1 is 1.20 bits per heavy atom. The van der Waals surface area contributed by atoms with Gasteiger partial charge in [-0.3, -0.25) is 9.36 Å². The number of imidazole rings is 1. The zero-order valence-corrected chi connectivity index (χ0v) is 13.9. The van der Waals surface area contributed by atoms with E-state index in [-0.39, 0.29) is 11.9 Å². The molecule has 1 fully saturated rings. The average molecular weight is 334 g/mol. The highest BCUT2D eigenvalue weighted by Crippen LogP contribution is 2.31. The molecule has 4 heterocycles. The first-order valence-corrected chi connectivity index (χ1v) is 8.27. The van der Waals surface area contributed by atoms with Gasteiger partial charge in [0, 0.05) is 31.3 Å². The summed E-state index contributed by atoms with van der Waals surface area (Å²) in [6.07, 6.45) is 10.5. The molecule has 0 bridgehead atoms. The number of hydrogen-bond acceptors (Lipinski definition) is 5. The minimum absolute atomic E-state index is 0.00234. The predicted molar refractivity (Wildman–Crippen MR) is 91.1 cm³/mol. The summed E-state index contributed by atoms with van der Waals surface area (Å²) >= 11 is 0. The van der Waals surface area contributed by atoms with Crippen molar-refractivity contribution in [1.82, 2.24) is 29.4 Å². The van der Waals surface area contributed by atoms with Crippen LogP contribution in [0.25, 0.3) is 5.82 Å². The van der Waals surface area contributed by atoms with Gasteiger partial charge in [-0.2, -0.15) is 0 Å². The van der Waals surface area contributed by atoms with Crippen molar-refractivity contribution in [3.8, 4) is 5.82 Å². The van der Waals surface area contributed by atoms with Crippen molar-refractivity contribution in [1.29, 1.82) is 0 Å². The molecule has 7 heteroatoms. The van der Waals surface area contributed by atoms with Gasteiger partial charge in [-0.05, 0) is 38.0 Å². The second-order valence-electron chi connectivity index (χ2n) is 6.06. The van der Waals surface area contributed by atoms with Gasteiger partial charge in [0.15, 0.2) is 0 Å². The molecular formula is C18H18N6O. The molecule has 7 nitrogen and oxygen atoms in total. The fraction of sp³-hybridized carbons (Fsp3) is 0.278. The molecule has 1 atom stereocenters. The zero-order valence-electron chi connectivity index (χ0n) is 13.9. The van der Waals surface area contributed by atoms with Crippen LogP contribution in [0.3, 0.4) is 0 Å². The van der Waals surface area contributed by atoms with Crippen LogP contribution in [0.15, 0.2) is 49.3 Å². The number of likely N-dealkylation sites (tertiary alicyclic amines) is 1. The van der Waals surface area contributed by atoms with E-state index >= 15 is 0 Å². The van der Waals surface area contributed by atoms with Crippen molar-refractivity contribution in [3.63, 3.8) is 0 Å². The molecule has 0 aliphatic carbocycles. The molecule has 3 aromatic rings. The maximum atomic E-state index is 12.9. The van der Waals surface area contributed by atoms with E-state index in [4.69, 9.17) is 0 Å². The summed E-state index contributed by atoms with van der Waals surface area (Å²) in [5.74, 6) is 1.45. The van der Waals surface area contributed by atoms with E-state index in [1.165, 1.54) is 0 Å². The number of carbonyl (C=O) groups excluding carboxylic acids is 1. The van der Waals surface area contributed by atoms with Crippen LogP contribution in [0, 0.1) is 6.92 Å². The Kier molecular flexibility index (Phi) is 3.97. The lowest BCUT2D eigenvalue weighted by Crippen LogP contribution is -2.31. The predicted octanol–water partition coefficient (Wildman–Crippen LogP) is 2.34. The first kappa shape index (κ1) is 15.4. The van der Waals surface area contributed by atoms with Gasteiger partial charge >= 0.3 is 0 Å². The quantitative estimate of drug-likeness (QED) is 0.735. The Balaban J connectivity index is 1.57. The van der Waals surface area contributed by atoms with E-state index in [9.17, 15) is 4.79 Å². The minimum atomic E-state index is -0.0107. The Hall–Kier alpha value is -3.09. The molecule has 1 unspecified atom stereocenters. The van der Waals surface area contributed by atoms with Crippen molar-refractivity contribution in [2.24, 2.45) is 0 Å². The van der Waals surface area contributed by atoms with E-state index in [0.717, 1.165) is 36.7 Å². The fourth-order valence-corrected chi connectivity index (χ4v) is 3.20. The SMILES string of the molecule is Cc1nccc(C2CCCN2C(=O)c2ccc(-n3ccnc3)nc2)n1. The zero-order chi connectivity index (χ0) is 17.2. The Morgan fingerprint density at radius 2 is 2.12 bits per heavy atom. The summed E-state index contributed by atoms with van der Waals surface area (Å²) in [6.45, 7) is 2.60. The van der Waals surface area contributed by atoms with E-state index in [0.29, 0.717) is 5.56 Å². The largest absolute Gasteiger partial charge is 0.330 e. The maximum Gasteiger partial charge on any atom is 0.255 e. The van der Waals surface area contributed by atoms with Crippen LogP contribution in [0.1, 0.15) is 40.8 Å². The van der Waals surface area contributed by atoms with Gasteiger partial charge in [0.2, 0.25) is 0 Å². The van der Waals surface area contributed by atoms with Crippen molar-refractivity contribution >= 4 is 5.91 Å². The van der Waals surface area contributed by atoms with Gasteiger partial charge < -0.3 is 4.90 Å². The first-order valence-electron chi connectivity index (χ1n) is 8.27. The molecule has 25 heavy (non-hydrogen) atoms.